The minimum absolute atomic E-state index is 0.0470. The zero-order valence-corrected chi connectivity index (χ0v) is 21.8. The highest BCUT2D eigenvalue weighted by molar-refractivity contribution is 7.89. The van der Waals surface area contributed by atoms with Crippen LogP contribution in [0.15, 0.2) is 53.6 Å². The van der Waals surface area contributed by atoms with Gasteiger partial charge in [0.2, 0.25) is 0 Å². The number of sulfone groups is 1. The van der Waals surface area contributed by atoms with E-state index in [-0.39, 0.29) is 29.0 Å². The number of halogens is 2. The summed E-state index contributed by atoms with van der Waals surface area (Å²) in [7, 11) is -1.66. The lowest BCUT2D eigenvalue weighted by Crippen LogP contribution is -2.33. The van der Waals surface area contributed by atoms with Gasteiger partial charge in [-0.2, -0.15) is 0 Å². The fourth-order valence-corrected chi connectivity index (χ4v) is 6.76. The van der Waals surface area contributed by atoms with E-state index in [1.165, 1.54) is 23.0 Å². The highest BCUT2D eigenvalue weighted by Crippen LogP contribution is 2.52. The molecule has 7 nitrogen and oxygen atoms in total. The maximum absolute atomic E-state index is 15.5. The van der Waals surface area contributed by atoms with Gasteiger partial charge in [-0.3, -0.25) is 4.79 Å². The Morgan fingerprint density at radius 1 is 1.05 bits per heavy atom. The third-order valence-electron chi connectivity index (χ3n) is 7.56. The number of aryl methyl sites for hydroxylation is 1. The number of rotatable bonds is 4. The molecule has 4 aromatic rings. The molecule has 1 N–H and O–H groups in total. The molecule has 2 aromatic carbocycles. The minimum atomic E-state index is -3.32. The first-order chi connectivity index (χ1) is 18.1. The lowest BCUT2D eigenvalue weighted by atomic mass is 9.85. The average Bonchev–Trinajstić information content (AvgIpc) is 3.26. The summed E-state index contributed by atoms with van der Waals surface area (Å²) in [6, 6.07) is 8.48. The molecule has 0 radical (unpaired) electrons. The van der Waals surface area contributed by atoms with Crippen molar-refractivity contribution in [2.24, 2.45) is 13.0 Å². The van der Waals surface area contributed by atoms with Gasteiger partial charge in [0, 0.05) is 72.7 Å². The summed E-state index contributed by atoms with van der Waals surface area (Å²) in [5.41, 5.74) is 3.92. The largest absolute Gasteiger partial charge is 0.381 e. The van der Waals surface area contributed by atoms with E-state index in [4.69, 9.17) is 4.74 Å². The Kier molecular flexibility index (Phi) is 5.92. The van der Waals surface area contributed by atoms with E-state index >= 15 is 4.39 Å². The molecule has 2 aromatic heterocycles. The molecule has 10 heteroatoms. The minimum Gasteiger partial charge on any atom is -0.381 e. The van der Waals surface area contributed by atoms with E-state index in [0.717, 1.165) is 35.4 Å². The van der Waals surface area contributed by atoms with Crippen molar-refractivity contribution in [1.29, 1.82) is 0 Å². The molecule has 1 saturated heterocycles. The molecule has 0 saturated carbocycles. The third kappa shape index (κ3) is 4.12. The Bertz CT molecular complexity index is 1740. The molecule has 198 valence electrons. The number of fused-ring (bicyclic) bond motifs is 2. The summed E-state index contributed by atoms with van der Waals surface area (Å²) in [4.78, 5) is 18.2. The van der Waals surface area contributed by atoms with Crippen molar-refractivity contribution in [1.82, 2.24) is 9.55 Å². The van der Waals surface area contributed by atoms with Crippen molar-refractivity contribution < 1.29 is 21.9 Å². The average molecular weight is 540 g/mol. The van der Waals surface area contributed by atoms with Crippen molar-refractivity contribution in [2.75, 3.05) is 24.4 Å². The number of nitrogens with zero attached hydrogens (tertiary/aromatic N) is 2. The van der Waals surface area contributed by atoms with E-state index in [1.807, 2.05) is 11.1 Å². The first-order valence-electron chi connectivity index (χ1n) is 12.5. The summed E-state index contributed by atoms with van der Waals surface area (Å²) in [6.45, 7) is 1.11. The molecule has 2 aliphatic heterocycles. The van der Waals surface area contributed by atoms with Gasteiger partial charge in [0.25, 0.3) is 5.56 Å². The van der Waals surface area contributed by atoms with Crippen molar-refractivity contribution in [3.8, 4) is 11.1 Å². The molecular weight excluding hydrogens is 512 g/mol. The molecule has 1 fully saturated rings. The Hall–Kier alpha value is -3.50. The second-order valence-electron chi connectivity index (χ2n) is 10.2. The molecule has 1 atom stereocenters. The molecule has 0 amide bonds. The van der Waals surface area contributed by atoms with Gasteiger partial charge in [0.05, 0.1) is 17.5 Å². The number of ether oxygens (including phenoxy) is 1. The van der Waals surface area contributed by atoms with Crippen LogP contribution in [0, 0.1) is 17.6 Å². The van der Waals surface area contributed by atoms with Crippen LogP contribution in [0.3, 0.4) is 0 Å². The molecule has 38 heavy (non-hydrogen) atoms. The standard InChI is InChI=1S/C28H27F2N3O4S/c1-32-14-21-19-11-16(15-38(2,35)36)3-5-23(19)33(24-6-4-18(29)12-22(24)30)27(17-7-9-37-10-8-17)20-13-31-26(25(20)21)28(32)34/h3-6,11-14,17,27,31H,7-10,15H2,1-2H3. The van der Waals surface area contributed by atoms with Crippen LogP contribution in [0.2, 0.25) is 0 Å². The number of aromatic amines is 1. The molecule has 1 unspecified atom stereocenters. The number of anilines is 2. The summed E-state index contributed by atoms with van der Waals surface area (Å²) < 4.78 is 61.0. The highest BCUT2D eigenvalue weighted by atomic mass is 32.2. The number of H-pyrrole nitrogens is 1. The lowest BCUT2D eigenvalue weighted by molar-refractivity contribution is 0.0585. The number of nitrogens with one attached hydrogen (secondary N) is 1. The Labute approximate surface area is 218 Å². The normalized spacial score (nSPS) is 18.0. The van der Waals surface area contributed by atoms with E-state index in [2.05, 4.69) is 4.98 Å². The predicted octanol–water partition coefficient (Wildman–Crippen LogP) is 4.98. The number of benzene rings is 2. The monoisotopic (exact) mass is 539 g/mol. The van der Waals surface area contributed by atoms with Crippen LogP contribution in [0.1, 0.15) is 30.0 Å². The first-order valence-corrected chi connectivity index (χ1v) is 14.5. The van der Waals surface area contributed by atoms with E-state index < -0.39 is 21.5 Å². The Morgan fingerprint density at radius 3 is 2.50 bits per heavy atom. The first kappa shape index (κ1) is 24.8. The second kappa shape index (κ2) is 9.06. The van der Waals surface area contributed by atoms with Gasteiger partial charge in [-0.15, -0.1) is 0 Å². The van der Waals surface area contributed by atoms with Gasteiger partial charge in [0.1, 0.15) is 17.2 Å². The van der Waals surface area contributed by atoms with Gasteiger partial charge in [-0.25, -0.2) is 17.2 Å². The van der Waals surface area contributed by atoms with Gasteiger partial charge in [-0.05, 0) is 48.6 Å². The van der Waals surface area contributed by atoms with Gasteiger partial charge >= 0.3 is 0 Å². The van der Waals surface area contributed by atoms with Crippen LogP contribution in [0.5, 0.6) is 0 Å². The van der Waals surface area contributed by atoms with Crippen molar-refractivity contribution >= 4 is 32.1 Å². The van der Waals surface area contributed by atoms with E-state index in [0.29, 0.717) is 35.5 Å². The second-order valence-corrected chi connectivity index (χ2v) is 12.4. The number of hydrogen-bond acceptors (Lipinski definition) is 5. The third-order valence-corrected chi connectivity index (χ3v) is 8.41. The number of aromatic nitrogens is 2. The van der Waals surface area contributed by atoms with E-state index in [9.17, 15) is 17.6 Å². The summed E-state index contributed by atoms with van der Waals surface area (Å²) >= 11 is 0. The van der Waals surface area contributed by atoms with Gasteiger partial charge in [-0.1, -0.05) is 6.07 Å². The Morgan fingerprint density at radius 2 is 1.79 bits per heavy atom. The van der Waals surface area contributed by atoms with Crippen LogP contribution < -0.4 is 10.5 Å². The number of hydrogen-bond donors (Lipinski definition) is 1. The van der Waals surface area contributed by atoms with Crippen LogP contribution >= 0.6 is 0 Å². The molecular formula is C28H27F2N3O4S. The van der Waals surface area contributed by atoms with Crippen LogP contribution in [-0.4, -0.2) is 37.4 Å². The van der Waals surface area contributed by atoms with Crippen LogP contribution in [-0.2, 0) is 27.4 Å². The maximum atomic E-state index is 15.5. The van der Waals surface area contributed by atoms with Crippen molar-refractivity contribution in [2.45, 2.75) is 24.6 Å². The van der Waals surface area contributed by atoms with Gasteiger partial charge < -0.3 is 19.2 Å². The molecule has 0 aliphatic carbocycles. The molecule has 4 heterocycles. The highest BCUT2D eigenvalue weighted by Gasteiger charge is 2.39. The maximum Gasteiger partial charge on any atom is 0.274 e. The SMILES string of the molecule is Cn1cc2c3c(c[nH]c3c1=O)C(C1CCOCC1)N(c1ccc(F)cc1F)c1ccc(CS(C)(=O)=O)cc1-2. The zero-order chi connectivity index (χ0) is 26.8. The fraction of sp³-hybridized carbons (Fsp3) is 0.321. The van der Waals surface area contributed by atoms with E-state index in [1.54, 1.807) is 31.4 Å². The summed E-state index contributed by atoms with van der Waals surface area (Å²) in [6.07, 6.45) is 6.18. The topological polar surface area (TPSA) is 84.4 Å². The quantitative estimate of drug-likeness (QED) is 0.396. The molecule has 6 rings (SSSR count). The number of pyridine rings is 1. The summed E-state index contributed by atoms with van der Waals surface area (Å²) in [5, 5.41) is 0.729. The molecule has 0 bridgehead atoms. The Balaban J connectivity index is 1.72. The van der Waals surface area contributed by atoms with Crippen molar-refractivity contribution in [3.63, 3.8) is 0 Å². The van der Waals surface area contributed by atoms with Crippen LogP contribution in [0.25, 0.3) is 22.0 Å². The predicted molar refractivity (Wildman–Crippen MR) is 142 cm³/mol. The van der Waals surface area contributed by atoms with Gasteiger partial charge in [0.15, 0.2) is 9.84 Å². The van der Waals surface area contributed by atoms with Crippen molar-refractivity contribution in [3.05, 3.63) is 81.9 Å². The smallest absolute Gasteiger partial charge is 0.274 e. The van der Waals surface area contributed by atoms with Crippen LogP contribution in [0.4, 0.5) is 20.2 Å². The molecule has 2 aliphatic rings. The summed E-state index contributed by atoms with van der Waals surface area (Å²) in [5.74, 6) is -1.50. The lowest BCUT2D eigenvalue weighted by Gasteiger charge is -2.40. The zero-order valence-electron chi connectivity index (χ0n) is 21.0. The fourth-order valence-electron chi connectivity index (χ4n) is 5.97. The molecule has 0 spiro atoms.